The molecule has 2 nitrogen and oxygen atoms in total. The van der Waals surface area contributed by atoms with Gasteiger partial charge < -0.3 is 4.42 Å². The number of fused-ring (bicyclic) bond motifs is 1. The monoisotopic (exact) mass is 349 g/mol. The molecule has 0 bridgehead atoms. The van der Waals surface area contributed by atoms with Crippen molar-refractivity contribution in [1.29, 1.82) is 0 Å². The Bertz CT molecular complexity index is 753. The Morgan fingerprint density at radius 1 is 1.30 bits per heavy atom. The summed E-state index contributed by atoms with van der Waals surface area (Å²) in [6.45, 7) is 2.08. The number of rotatable bonds is 3. The molecule has 0 saturated heterocycles. The van der Waals surface area contributed by atoms with E-state index in [0.717, 1.165) is 28.7 Å². The minimum absolute atomic E-state index is 0.0927. The lowest BCUT2D eigenvalue weighted by atomic mass is 10.1. The van der Waals surface area contributed by atoms with E-state index in [1.54, 1.807) is 12.4 Å². The fraction of sp³-hybridized carbons (Fsp3) is 0.188. The maximum absolute atomic E-state index is 6.14. The lowest BCUT2D eigenvalue weighted by Gasteiger charge is -2.07. The van der Waals surface area contributed by atoms with Crippen molar-refractivity contribution in [3.05, 3.63) is 64.6 Å². The van der Waals surface area contributed by atoms with Crippen LogP contribution in [0.25, 0.3) is 11.0 Å². The van der Waals surface area contributed by atoms with E-state index in [0.29, 0.717) is 5.02 Å². The molecule has 0 aliphatic rings. The molecule has 2 heterocycles. The molecular weight excluding hydrogens is 338 g/mol. The molecule has 0 saturated carbocycles. The van der Waals surface area contributed by atoms with Gasteiger partial charge in [0.05, 0.1) is 9.85 Å². The number of aromatic nitrogens is 1. The molecule has 102 valence electrons. The lowest BCUT2D eigenvalue weighted by molar-refractivity contribution is 0.545. The Morgan fingerprint density at radius 2 is 2.15 bits per heavy atom. The van der Waals surface area contributed by atoms with E-state index in [2.05, 4.69) is 46.0 Å². The van der Waals surface area contributed by atoms with Gasteiger partial charge in [-0.3, -0.25) is 4.98 Å². The van der Waals surface area contributed by atoms with Crippen LogP contribution in [0.15, 0.2) is 47.1 Å². The molecule has 4 heteroatoms. The minimum atomic E-state index is 0.0927. The molecule has 0 amide bonds. The van der Waals surface area contributed by atoms with Crippen molar-refractivity contribution < 1.29 is 4.42 Å². The zero-order valence-corrected chi connectivity index (χ0v) is 13.3. The van der Waals surface area contributed by atoms with Gasteiger partial charge in [-0.1, -0.05) is 39.2 Å². The summed E-state index contributed by atoms with van der Waals surface area (Å²) in [6.07, 6.45) is 4.18. The van der Waals surface area contributed by atoms with Crippen LogP contribution >= 0.6 is 27.5 Å². The topological polar surface area (TPSA) is 26.0 Å². The van der Waals surface area contributed by atoms with E-state index >= 15 is 0 Å². The zero-order valence-electron chi connectivity index (χ0n) is 10.9. The van der Waals surface area contributed by atoms with Crippen molar-refractivity contribution in [2.24, 2.45) is 0 Å². The van der Waals surface area contributed by atoms with Crippen LogP contribution in [-0.2, 0) is 6.42 Å². The summed E-state index contributed by atoms with van der Waals surface area (Å²) >= 11 is 9.82. The first-order chi connectivity index (χ1) is 9.63. The lowest BCUT2D eigenvalue weighted by Crippen LogP contribution is -1.95. The van der Waals surface area contributed by atoms with E-state index in [9.17, 15) is 0 Å². The van der Waals surface area contributed by atoms with Gasteiger partial charge in [0.25, 0.3) is 0 Å². The van der Waals surface area contributed by atoms with Crippen molar-refractivity contribution in [2.75, 3.05) is 0 Å². The van der Waals surface area contributed by atoms with Gasteiger partial charge in [0.1, 0.15) is 11.3 Å². The minimum Gasteiger partial charge on any atom is -0.460 e. The Balaban J connectivity index is 1.89. The van der Waals surface area contributed by atoms with E-state index < -0.39 is 0 Å². The second-order valence-corrected chi connectivity index (χ2v) is 6.34. The number of pyridine rings is 1. The van der Waals surface area contributed by atoms with Gasteiger partial charge in [0.15, 0.2) is 0 Å². The molecule has 0 N–H and O–H groups in total. The molecule has 2 aromatic heterocycles. The molecule has 1 aromatic carbocycles. The van der Waals surface area contributed by atoms with Crippen molar-refractivity contribution in [3.8, 4) is 0 Å². The van der Waals surface area contributed by atoms with Gasteiger partial charge >= 0.3 is 0 Å². The van der Waals surface area contributed by atoms with Crippen molar-refractivity contribution >= 4 is 38.5 Å². The van der Waals surface area contributed by atoms with Crippen molar-refractivity contribution in [2.45, 2.75) is 18.2 Å². The highest BCUT2D eigenvalue weighted by molar-refractivity contribution is 9.09. The summed E-state index contributed by atoms with van der Waals surface area (Å²) in [5.74, 6) is 0.915. The molecule has 3 rings (SSSR count). The fourth-order valence-electron chi connectivity index (χ4n) is 2.20. The van der Waals surface area contributed by atoms with E-state index in [1.165, 1.54) is 5.56 Å². The average molecular weight is 351 g/mol. The second-order valence-electron chi connectivity index (χ2n) is 4.83. The summed E-state index contributed by atoms with van der Waals surface area (Å²) in [6, 6.07) is 10.2. The SMILES string of the molecule is Cc1ccc2oc(C(Br)Cc3ccncc3Cl)cc2c1. The van der Waals surface area contributed by atoms with Gasteiger partial charge in [-0.15, -0.1) is 0 Å². The van der Waals surface area contributed by atoms with Crippen LogP contribution in [0.2, 0.25) is 5.02 Å². The van der Waals surface area contributed by atoms with Crippen LogP contribution in [-0.4, -0.2) is 4.98 Å². The molecule has 20 heavy (non-hydrogen) atoms. The van der Waals surface area contributed by atoms with Gasteiger partial charge in [-0.05, 0) is 43.2 Å². The first kappa shape index (κ1) is 13.7. The number of halogens is 2. The molecule has 0 fully saturated rings. The molecule has 0 spiro atoms. The highest BCUT2D eigenvalue weighted by Crippen LogP contribution is 2.33. The third-order valence-corrected chi connectivity index (χ3v) is 4.37. The normalized spacial score (nSPS) is 12.8. The van der Waals surface area contributed by atoms with Crippen LogP contribution in [0, 0.1) is 6.92 Å². The molecule has 1 atom stereocenters. The van der Waals surface area contributed by atoms with Crippen molar-refractivity contribution in [3.63, 3.8) is 0 Å². The molecule has 0 aliphatic heterocycles. The maximum atomic E-state index is 6.14. The summed E-state index contributed by atoms with van der Waals surface area (Å²) < 4.78 is 5.89. The Morgan fingerprint density at radius 3 is 2.95 bits per heavy atom. The summed E-state index contributed by atoms with van der Waals surface area (Å²) in [4.78, 5) is 4.09. The smallest absolute Gasteiger partial charge is 0.134 e. The largest absolute Gasteiger partial charge is 0.460 e. The summed E-state index contributed by atoms with van der Waals surface area (Å²) in [5, 5.41) is 1.81. The highest BCUT2D eigenvalue weighted by atomic mass is 79.9. The van der Waals surface area contributed by atoms with Crippen LogP contribution in [0.3, 0.4) is 0 Å². The van der Waals surface area contributed by atoms with Gasteiger partial charge in [-0.2, -0.15) is 0 Å². The standard InChI is InChI=1S/C16H13BrClNO/c1-10-2-3-15-12(6-10)8-16(20-15)13(17)7-11-4-5-19-9-14(11)18/h2-6,8-9,13H,7H2,1H3. The summed E-state index contributed by atoms with van der Waals surface area (Å²) in [7, 11) is 0. The molecule has 0 aliphatic carbocycles. The highest BCUT2D eigenvalue weighted by Gasteiger charge is 2.15. The molecule has 1 unspecified atom stereocenters. The molecule has 0 radical (unpaired) electrons. The number of aryl methyl sites for hydroxylation is 1. The van der Waals surface area contributed by atoms with Crippen LogP contribution in [0.5, 0.6) is 0 Å². The zero-order chi connectivity index (χ0) is 14.1. The number of hydrogen-bond donors (Lipinski definition) is 0. The Kier molecular flexibility index (Phi) is 3.81. The molecule has 3 aromatic rings. The fourth-order valence-corrected chi connectivity index (χ4v) is 2.97. The number of hydrogen-bond acceptors (Lipinski definition) is 2. The van der Waals surface area contributed by atoms with Crippen LogP contribution < -0.4 is 0 Å². The second kappa shape index (κ2) is 5.58. The van der Waals surface area contributed by atoms with Crippen molar-refractivity contribution in [1.82, 2.24) is 4.98 Å². The van der Waals surface area contributed by atoms with E-state index in [4.69, 9.17) is 16.0 Å². The predicted octanol–water partition coefficient (Wildman–Crippen LogP) is 5.47. The number of furan rings is 1. The predicted molar refractivity (Wildman–Crippen MR) is 85.6 cm³/mol. The number of benzene rings is 1. The first-order valence-corrected chi connectivity index (χ1v) is 7.65. The first-order valence-electron chi connectivity index (χ1n) is 6.36. The number of alkyl halides is 1. The van der Waals surface area contributed by atoms with Gasteiger partial charge in [0, 0.05) is 17.8 Å². The molecular formula is C16H13BrClNO. The third kappa shape index (κ3) is 2.74. The maximum Gasteiger partial charge on any atom is 0.134 e. The van der Waals surface area contributed by atoms with E-state index in [1.807, 2.05) is 12.1 Å². The Hall–Kier alpha value is -1.32. The van der Waals surface area contributed by atoms with Gasteiger partial charge in [-0.25, -0.2) is 0 Å². The third-order valence-electron chi connectivity index (χ3n) is 3.26. The number of nitrogens with zero attached hydrogens (tertiary/aromatic N) is 1. The van der Waals surface area contributed by atoms with Gasteiger partial charge in [0.2, 0.25) is 0 Å². The van der Waals surface area contributed by atoms with E-state index in [-0.39, 0.29) is 4.83 Å². The Labute approximate surface area is 130 Å². The summed E-state index contributed by atoms with van der Waals surface area (Å²) in [5.41, 5.74) is 3.20. The van der Waals surface area contributed by atoms with Crippen LogP contribution in [0.4, 0.5) is 0 Å². The average Bonchev–Trinajstić information content (AvgIpc) is 2.84. The quantitative estimate of drug-likeness (QED) is 0.586. The van der Waals surface area contributed by atoms with Crippen LogP contribution in [0.1, 0.15) is 21.7 Å².